The summed E-state index contributed by atoms with van der Waals surface area (Å²) in [7, 11) is 0. The first-order valence-corrected chi connectivity index (χ1v) is 7.94. The maximum absolute atomic E-state index is 5.41. The Morgan fingerprint density at radius 3 is 2.36 bits per heavy atom. The molecule has 0 N–H and O–H groups in total. The van der Waals surface area contributed by atoms with E-state index in [9.17, 15) is 0 Å². The van der Waals surface area contributed by atoms with Gasteiger partial charge in [-0.15, -0.1) is 0 Å². The summed E-state index contributed by atoms with van der Waals surface area (Å²) in [4.78, 5) is 0. The van der Waals surface area contributed by atoms with E-state index >= 15 is 0 Å². The Morgan fingerprint density at radius 2 is 1.73 bits per heavy atom. The molecule has 0 amide bonds. The van der Waals surface area contributed by atoms with Gasteiger partial charge in [-0.25, -0.2) is 0 Å². The second kappa shape index (κ2) is 10.8. The van der Waals surface area contributed by atoms with E-state index in [2.05, 4.69) is 13.8 Å². The molecule has 0 heterocycles. The fourth-order valence-electron chi connectivity index (χ4n) is 0.975. The van der Waals surface area contributed by atoms with Crippen molar-refractivity contribution in [2.75, 3.05) is 6.61 Å². The van der Waals surface area contributed by atoms with Crippen LogP contribution in [0.1, 0.15) is 46.0 Å². The number of hydrogen-bond acceptors (Lipinski definition) is 1. The van der Waals surface area contributed by atoms with Crippen LogP contribution in [0.25, 0.3) is 0 Å². The molecule has 0 unspecified atom stereocenters. The molecule has 2 heteroatoms. The molecule has 0 saturated carbocycles. The van der Waals surface area contributed by atoms with Crippen molar-refractivity contribution in [1.29, 1.82) is 0 Å². The van der Waals surface area contributed by atoms with Gasteiger partial charge in [-0.2, -0.15) is 0 Å². The predicted octanol–water partition coefficient (Wildman–Crippen LogP) is 3.03. The van der Waals surface area contributed by atoms with Crippen molar-refractivity contribution in [3.8, 4) is 0 Å². The third kappa shape index (κ3) is 10.8. The van der Waals surface area contributed by atoms with Crippen molar-refractivity contribution in [2.24, 2.45) is 0 Å². The average Bonchev–Trinajstić information content (AvgIpc) is 2.03. The first-order valence-electron chi connectivity index (χ1n) is 4.76. The second-order valence-electron chi connectivity index (χ2n) is 2.74. The van der Waals surface area contributed by atoms with Crippen molar-refractivity contribution >= 4 is 21.6 Å². The topological polar surface area (TPSA) is 9.23 Å². The molecule has 66 valence electrons. The summed E-state index contributed by atoms with van der Waals surface area (Å²) in [6.45, 7) is 5.30. The molecule has 0 bridgehead atoms. The predicted molar refractivity (Wildman–Crippen MR) is 50.9 cm³/mol. The third-order valence-corrected chi connectivity index (χ3v) is 4.63. The Kier molecular flexibility index (Phi) is 11.5. The van der Waals surface area contributed by atoms with Crippen LogP contribution in [0.15, 0.2) is 0 Å². The Balaban J connectivity index is 2.69. The summed E-state index contributed by atoms with van der Waals surface area (Å²) < 4.78 is 6.83. The van der Waals surface area contributed by atoms with E-state index in [-0.39, 0.29) is 21.6 Å². The van der Waals surface area contributed by atoms with Gasteiger partial charge in [-0.05, 0) is 0 Å². The number of hydrogen-bond donors (Lipinski definition) is 0. The van der Waals surface area contributed by atoms with Crippen molar-refractivity contribution in [3.05, 3.63) is 0 Å². The van der Waals surface area contributed by atoms with Crippen LogP contribution in [-0.2, 0) is 3.07 Å². The third-order valence-electron chi connectivity index (χ3n) is 1.63. The van der Waals surface area contributed by atoms with Crippen molar-refractivity contribution in [3.63, 3.8) is 0 Å². The molecule has 0 aliphatic rings. The minimum atomic E-state index is -0.366. The SMILES string of the molecule is CCCCCC[CH2][Sn][O]CC. The zero-order chi connectivity index (χ0) is 8.36. The molecule has 0 spiro atoms. The van der Waals surface area contributed by atoms with E-state index in [1.807, 2.05) is 0 Å². The molecule has 1 nitrogen and oxygen atoms in total. The molecule has 2 radical (unpaired) electrons. The number of rotatable bonds is 8. The van der Waals surface area contributed by atoms with Crippen molar-refractivity contribution in [2.45, 2.75) is 50.4 Å². The van der Waals surface area contributed by atoms with Gasteiger partial charge in [-0.1, -0.05) is 0 Å². The van der Waals surface area contributed by atoms with Crippen molar-refractivity contribution in [1.82, 2.24) is 0 Å². The first kappa shape index (κ1) is 11.8. The normalized spacial score (nSPS) is 10.4. The van der Waals surface area contributed by atoms with Gasteiger partial charge in [-0.3, -0.25) is 0 Å². The average molecular weight is 263 g/mol. The molecular formula is C9H20OSn. The van der Waals surface area contributed by atoms with Crippen LogP contribution in [0.4, 0.5) is 0 Å². The molecule has 0 fully saturated rings. The maximum atomic E-state index is 5.41. The minimum absolute atomic E-state index is 0.366. The van der Waals surface area contributed by atoms with E-state index in [0.717, 1.165) is 6.61 Å². The molecule has 11 heavy (non-hydrogen) atoms. The molecule has 0 atom stereocenters. The monoisotopic (exact) mass is 264 g/mol. The molecule has 0 aromatic heterocycles. The van der Waals surface area contributed by atoms with Crippen LogP contribution >= 0.6 is 0 Å². The van der Waals surface area contributed by atoms with Crippen LogP contribution in [0.3, 0.4) is 0 Å². The Labute approximate surface area is 81.7 Å². The quantitative estimate of drug-likeness (QED) is 0.483. The molecule has 0 rings (SSSR count). The molecule has 0 aliphatic heterocycles. The van der Waals surface area contributed by atoms with Crippen LogP contribution in [-0.4, -0.2) is 28.2 Å². The van der Waals surface area contributed by atoms with Gasteiger partial charge in [0.15, 0.2) is 0 Å². The molecule has 0 aromatic rings. The first-order chi connectivity index (χ1) is 5.41. The zero-order valence-electron chi connectivity index (χ0n) is 7.86. The summed E-state index contributed by atoms with van der Waals surface area (Å²) in [5.41, 5.74) is 0. The van der Waals surface area contributed by atoms with E-state index < -0.39 is 0 Å². The van der Waals surface area contributed by atoms with Crippen LogP contribution in [0.5, 0.6) is 0 Å². The van der Waals surface area contributed by atoms with E-state index in [0.29, 0.717) is 0 Å². The van der Waals surface area contributed by atoms with E-state index in [4.69, 9.17) is 3.07 Å². The zero-order valence-corrected chi connectivity index (χ0v) is 10.7. The van der Waals surface area contributed by atoms with Crippen LogP contribution in [0, 0.1) is 0 Å². The summed E-state index contributed by atoms with van der Waals surface area (Å²) in [6.07, 6.45) is 7.06. The second-order valence-corrected chi connectivity index (χ2v) is 5.82. The van der Waals surface area contributed by atoms with Gasteiger partial charge in [0, 0.05) is 0 Å². The Morgan fingerprint density at radius 1 is 1.00 bits per heavy atom. The van der Waals surface area contributed by atoms with Crippen LogP contribution in [0.2, 0.25) is 4.44 Å². The standard InChI is InChI=1S/C7H15.C2H5O.Sn/c1-3-5-7-6-4-2;1-2-3;/h1,3-7H2,2H3;2H2,1H3;/q;-1;+1. The van der Waals surface area contributed by atoms with Gasteiger partial charge in [0.1, 0.15) is 0 Å². The Hall–Kier alpha value is 0.759. The van der Waals surface area contributed by atoms with Crippen molar-refractivity contribution < 1.29 is 3.07 Å². The van der Waals surface area contributed by atoms with Gasteiger partial charge >= 0.3 is 81.6 Å². The summed E-state index contributed by atoms with van der Waals surface area (Å²) in [5.74, 6) is 0. The van der Waals surface area contributed by atoms with Gasteiger partial charge in [0.2, 0.25) is 0 Å². The summed E-state index contributed by atoms with van der Waals surface area (Å²) >= 11 is -0.366. The van der Waals surface area contributed by atoms with E-state index in [1.54, 1.807) is 0 Å². The van der Waals surface area contributed by atoms with Gasteiger partial charge in [0.05, 0.1) is 0 Å². The summed E-state index contributed by atoms with van der Waals surface area (Å²) in [6, 6.07) is 0. The molecule has 0 saturated heterocycles. The molecule has 0 aliphatic carbocycles. The fraction of sp³-hybridized carbons (Fsp3) is 1.00. The molecular weight excluding hydrogens is 243 g/mol. The van der Waals surface area contributed by atoms with Crippen LogP contribution < -0.4 is 0 Å². The molecule has 0 aromatic carbocycles. The number of unbranched alkanes of at least 4 members (excludes halogenated alkanes) is 4. The van der Waals surface area contributed by atoms with E-state index in [1.165, 1.54) is 36.5 Å². The fourth-order valence-corrected chi connectivity index (χ4v) is 3.09. The van der Waals surface area contributed by atoms with Gasteiger partial charge < -0.3 is 0 Å². The van der Waals surface area contributed by atoms with Gasteiger partial charge in [0.25, 0.3) is 0 Å². The Bertz CT molecular complexity index is 58.6. The summed E-state index contributed by atoms with van der Waals surface area (Å²) in [5, 5.41) is 0.